The third-order valence-electron chi connectivity index (χ3n) is 5.30. The molecule has 1 saturated heterocycles. The molecule has 4 rings (SSSR count). The van der Waals surface area contributed by atoms with Crippen LogP contribution in [0, 0.1) is 17.0 Å². The summed E-state index contributed by atoms with van der Waals surface area (Å²) in [5.74, 6) is -1.43. The van der Waals surface area contributed by atoms with Gasteiger partial charge in [-0.15, -0.1) is 0 Å². The predicted octanol–water partition coefficient (Wildman–Crippen LogP) is 4.29. The Morgan fingerprint density at radius 3 is 2.59 bits per heavy atom. The first-order valence-corrected chi connectivity index (χ1v) is 9.98. The fourth-order valence-electron chi connectivity index (χ4n) is 3.69. The van der Waals surface area contributed by atoms with E-state index >= 15 is 0 Å². The summed E-state index contributed by atoms with van der Waals surface area (Å²) in [6.45, 7) is 7.83. The van der Waals surface area contributed by atoms with Crippen molar-refractivity contribution in [1.82, 2.24) is 14.9 Å². The van der Waals surface area contributed by atoms with E-state index in [2.05, 4.69) is 14.9 Å². The van der Waals surface area contributed by atoms with Gasteiger partial charge in [0, 0.05) is 31.1 Å². The molecule has 0 radical (unpaired) electrons. The number of benzene rings is 1. The largest absolute Gasteiger partial charge is 0.471 e. The normalized spacial score (nSPS) is 21.5. The van der Waals surface area contributed by atoms with Gasteiger partial charge in [-0.25, -0.2) is 13.2 Å². The third kappa shape index (κ3) is 4.74. The number of alkyl halides is 1. The third-order valence-corrected chi connectivity index (χ3v) is 5.30. The van der Waals surface area contributed by atoms with Crippen LogP contribution in [0.15, 0.2) is 12.1 Å². The average molecular weight is 409 g/mol. The minimum atomic E-state index is -0.793. The van der Waals surface area contributed by atoms with Gasteiger partial charge in [0.15, 0.2) is 5.82 Å². The van der Waals surface area contributed by atoms with Crippen molar-refractivity contribution in [2.45, 2.75) is 51.8 Å². The Hall–Kier alpha value is -2.09. The minimum absolute atomic E-state index is 0.00155. The highest BCUT2D eigenvalue weighted by Crippen LogP contribution is 2.47. The van der Waals surface area contributed by atoms with Gasteiger partial charge < -0.3 is 9.47 Å². The van der Waals surface area contributed by atoms with Crippen LogP contribution in [0.1, 0.15) is 40.0 Å². The van der Waals surface area contributed by atoms with Gasteiger partial charge in [-0.05, 0) is 46.1 Å². The van der Waals surface area contributed by atoms with Gasteiger partial charge >= 0.3 is 6.01 Å². The van der Waals surface area contributed by atoms with Crippen LogP contribution in [-0.4, -0.2) is 52.9 Å². The van der Waals surface area contributed by atoms with Crippen molar-refractivity contribution >= 4 is 10.9 Å². The summed E-state index contributed by atoms with van der Waals surface area (Å²) >= 11 is 0. The Kier molecular flexibility index (Phi) is 5.09. The highest BCUT2D eigenvalue weighted by molar-refractivity contribution is 5.84. The molecule has 1 atom stereocenters. The Morgan fingerprint density at radius 2 is 1.97 bits per heavy atom. The first kappa shape index (κ1) is 20.2. The number of nitrogens with zero attached hydrogens (tertiary/aromatic N) is 3. The molecular weight excluding hydrogens is 383 g/mol. The molecule has 29 heavy (non-hydrogen) atoms. The van der Waals surface area contributed by atoms with E-state index in [1.54, 1.807) is 0 Å². The van der Waals surface area contributed by atoms with Gasteiger partial charge in [0.25, 0.3) is 0 Å². The highest BCUT2D eigenvalue weighted by Gasteiger charge is 2.46. The lowest BCUT2D eigenvalue weighted by molar-refractivity contribution is 0.122. The quantitative estimate of drug-likeness (QED) is 0.712. The Morgan fingerprint density at radius 1 is 1.21 bits per heavy atom. The molecule has 158 valence electrons. The molecule has 2 aliphatic rings. The SMILES string of the molecule is CC(C)(C)Oc1nc(OCC2(CN3CCC(F)C3)CC2)nc2c(F)cc(F)cc12. The zero-order chi connectivity index (χ0) is 20.8. The van der Waals surface area contributed by atoms with Crippen LogP contribution in [0.4, 0.5) is 13.2 Å². The number of ether oxygens (including phenoxy) is 2. The fourth-order valence-corrected chi connectivity index (χ4v) is 3.69. The highest BCUT2D eigenvalue weighted by atomic mass is 19.1. The maximum atomic E-state index is 14.4. The van der Waals surface area contributed by atoms with Crippen molar-refractivity contribution < 1.29 is 22.6 Å². The molecule has 1 aliphatic carbocycles. The van der Waals surface area contributed by atoms with Crippen LogP contribution < -0.4 is 9.47 Å². The van der Waals surface area contributed by atoms with E-state index in [1.807, 2.05) is 20.8 Å². The summed E-state index contributed by atoms with van der Waals surface area (Å²) < 4.78 is 53.2. The van der Waals surface area contributed by atoms with Crippen LogP contribution in [0.25, 0.3) is 10.9 Å². The molecule has 2 aromatic rings. The van der Waals surface area contributed by atoms with E-state index in [-0.39, 0.29) is 28.2 Å². The molecule has 0 amide bonds. The lowest BCUT2D eigenvalue weighted by Gasteiger charge is -2.24. The number of fused-ring (bicyclic) bond motifs is 1. The maximum absolute atomic E-state index is 14.4. The molecule has 0 spiro atoms. The van der Waals surface area contributed by atoms with Crippen molar-refractivity contribution in [2.24, 2.45) is 5.41 Å². The van der Waals surface area contributed by atoms with Crippen molar-refractivity contribution in [2.75, 3.05) is 26.2 Å². The second-order valence-electron chi connectivity index (χ2n) is 9.22. The molecule has 0 N–H and O–H groups in total. The van der Waals surface area contributed by atoms with E-state index in [9.17, 15) is 13.2 Å². The van der Waals surface area contributed by atoms with Crippen LogP contribution in [0.2, 0.25) is 0 Å². The van der Waals surface area contributed by atoms with E-state index in [0.717, 1.165) is 38.1 Å². The maximum Gasteiger partial charge on any atom is 0.320 e. The molecule has 1 aliphatic heterocycles. The molecule has 0 bridgehead atoms. The molecule has 1 aromatic heterocycles. The lowest BCUT2D eigenvalue weighted by atomic mass is 10.1. The second kappa shape index (κ2) is 7.31. The summed E-state index contributed by atoms with van der Waals surface area (Å²) in [4.78, 5) is 10.6. The van der Waals surface area contributed by atoms with Crippen LogP contribution in [-0.2, 0) is 0 Å². The Bertz CT molecular complexity index is 912. The zero-order valence-electron chi connectivity index (χ0n) is 17.0. The summed E-state index contributed by atoms with van der Waals surface area (Å²) in [5.41, 5.74) is -0.702. The summed E-state index contributed by atoms with van der Waals surface area (Å²) in [7, 11) is 0. The molecule has 8 heteroatoms. The van der Waals surface area contributed by atoms with Crippen LogP contribution in [0.3, 0.4) is 0 Å². The van der Waals surface area contributed by atoms with E-state index in [4.69, 9.17) is 9.47 Å². The van der Waals surface area contributed by atoms with Crippen LogP contribution >= 0.6 is 0 Å². The van der Waals surface area contributed by atoms with Crippen molar-refractivity contribution in [3.8, 4) is 11.9 Å². The number of hydrogen-bond acceptors (Lipinski definition) is 5. The standard InChI is InChI=1S/C21H26F3N3O2/c1-20(2,3)29-18-15-8-14(23)9-16(24)17(15)25-19(26-18)28-12-21(5-6-21)11-27-7-4-13(22)10-27/h8-9,13H,4-7,10-12H2,1-3H3. The molecule has 1 unspecified atom stereocenters. The second-order valence-corrected chi connectivity index (χ2v) is 9.22. The minimum Gasteiger partial charge on any atom is -0.471 e. The number of rotatable bonds is 6. The molecule has 5 nitrogen and oxygen atoms in total. The van der Waals surface area contributed by atoms with Gasteiger partial charge in [0.1, 0.15) is 23.1 Å². The number of halogens is 3. The van der Waals surface area contributed by atoms with Crippen molar-refractivity contribution in [3.63, 3.8) is 0 Å². The molecule has 1 aromatic carbocycles. The first-order chi connectivity index (χ1) is 13.6. The fraction of sp³-hybridized carbons (Fsp3) is 0.619. The molecule has 2 fully saturated rings. The van der Waals surface area contributed by atoms with E-state index in [0.29, 0.717) is 19.6 Å². The van der Waals surface area contributed by atoms with Gasteiger partial charge in [-0.1, -0.05) is 0 Å². The van der Waals surface area contributed by atoms with Crippen molar-refractivity contribution in [1.29, 1.82) is 0 Å². The average Bonchev–Trinajstić information content (AvgIpc) is 3.25. The Balaban J connectivity index is 1.56. The van der Waals surface area contributed by atoms with E-state index < -0.39 is 23.4 Å². The summed E-state index contributed by atoms with van der Waals surface area (Å²) in [6, 6.07) is 1.94. The van der Waals surface area contributed by atoms with E-state index in [1.165, 1.54) is 0 Å². The van der Waals surface area contributed by atoms with Gasteiger partial charge in [-0.3, -0.25) is 4.90 Å². The van der Waals surface area contributed by atoms with Gasteiger partial charge in [0.2, 0.25) is 5.88 Å². The number of aromatic nitrogens is 2. The Labute approximate surface area is 168 Å². The molecular formula is C21H26F3N3O2. The predicted molar refractivity (Wildman–Crippen MR) is 103 cm³/mol. The molecule has 2 heterocycles. The lowest BCUT2D eigenvalue weighted by Crippen LogP contribution is -2.32. The first-order valence-electron chi connectivity index (χ1n) is 9.98. The monoisotopic (exact) mass is 409 g/mol. The topological polar surface area (TPSA) is 47.5 Å². The summed E-state index contributed by atoms with van der Waals surface area (Å²) in [5, 5.41) is 0.164. The van der Waals surface area contributed by atoms with Crippen LogP contribution in [0.5, 0.6) is 11.9 Å². The van der Waals surface area contributed by atoms with Crippen molar-refractivity contribution in [3.05, 3.63) is 23.8 Å². The summed E-state index contributed by atoms with van der Waals surface area (Å²) in [6.07, 6.45) is 1.79. The van der Waals surface area contributed by atoms with Gasteiger partial charge in [-0.2, -0.15) is 9.97 Å². The zero-order valence-corrected chi connectivity index (χ0v) is 17.0. The smallest absolute Gasteiger partial charge is 0.320 e. The number of likely N-dealkylation sites (tertiary alicyclic amines) is 1. The number of hydrogen-bond donors (Lipinski definition) is 0. The molecule has 1 saturated carbocycles. The van der Waals surface area contributed by atoms with Gasteiger partial charge in [0.05, 0.1) is 12.0 Å².